The predicted octanol–water partition coefficient (Wildman–Crippen LogP) is 2.09. The van der Waals surface area contributed by atoms with E-state index in [0.717, 1.165) is 6.54 Å². The summed E-state index contributed by atoms with van der Waals surface area (Å²) < 4.78 is 0. The molecule has 0 aliphatic heterocycles. The number of hydrogen-bond acceptors (Lipinski definition) is 2. The second-order valence-corrected chi connectivity index (χ2v) is 4.50. The third kappa shape index (κ3) is 6.05. The Bertz CT molecular complexity index is 117. The standard InChI is InChI=1S/C11H26N2/c1-5-13(6-2)9-7-8-11(3,4)10-12/h5-10,12H2,1-4H3. The Morgan fingerprint density at radius 1 is 1.15 bits per heavy atom. The zero-order chi connectivity index (χ0) is 10.3. The SMILES string of the molecule is CCN(CC)CCCC(C)(C)CN. The summed E-state index contributed by atoms with van der Waals surface area (Å²) in [7, 11) is 0. The summed E-state index contributed by atoms with van der Waals surface area (Å²) in [5.74, 6) is 0. The zero-order valence-corrected chi connectivity index (χ0v) is 9.77. The fraction of sp³-hybridized carbons (Fsp3) is 1.00. The lowest BCUT2D eigenvalue weighted by atomic mass is 9.88. The maximum absolute atomic E-state index is 5.67. The molecule has 0 aliphatic rings. The number of hydrogen-bond donors (Lipinski definition) is 1. The van der Waals surface area contributed by atoms with Gasteiger partial charge in [-0.2, -0.15) is 0 Å². The van der Waals surface area contributed by atoms with E-state index in [2.05, 4.69) is 32.6 Å². The molecule has 0 unspecified atom stereocenters. The van der Waals surface area contributed by atoms with Gasteiger partial charge >= 0.3 is 0 Å². The third-order valence-electron chi connectivity index (χ3n) is 2.77. The molecule has 0 saturated heterocycles. The second-order valence-electron chi connectivity index (χ2n) is 4.50. The maximum Gasteiger partial charge on any atom is -0.00188 e. The van der Waals surface area contributed by atoms with Crippen LogP contribution in [0.5, 0.6) is 0 Å². The van der Waals surface area contributed by atoms with E-state index in [1.807, 2.05) is 0 Å². The minimum absolute atomic E-state index is 0.327. The normalized spacial score (nSPS) is 12.5. The van der Waals surface area contributed by atoms with Crippen molar-refractivity contribution in [3.05, 3.63) is 0 Å². The molecule has 0 spiro atoms. The quantitative estimate of drug-likeness (QED) is 0.659. The lowest BCUT2D eigenvalue weighted by molar-refractivity contribution is 0.261. The Morgan fingerprint density at radius 3 is 2.08 bits per heavy atom. The van der Waals surface area contributed by atoms with E-state index < -0.39 is 0 Å². The van der Waals surface area contributed by atoms with Gasteiger partial charge in [-0.1, -0.05) is 27.7 Å². The fourth-order valence-electron chi connectivity index (χ4n) is 1.42. The van der Waals surface area contributed by atoms with Crippen LogP contribution in [-0.4, -0.2) is 31.1 Å². The Hall–Kier alpha value is -0.0800. The fourth-order valence-corrected chi connectivity index (χ4v) is 1.42. The van der Waals surface area contributed by atoms with Crippen LogP contribution in [0.2, 0.25) is 0 Å². The first-order valence-corrected chi connectivity index (χ1v) is 5.48. The van der Waals surface area contributed by atoms with Crippen LogP contribution in [0.3, 0.4) is 0 Å². The van der Waals surface area contributed by atoms with Crippen LogP contribution in [0.15, 0.2) is 0 Å². The number of nitrogens with zero attached hydrogens (tertiary/aromatic N) is 1. The van der Waals surface area contributed by atoms with Crippen molar-refractivity contribution in [1.82, 2.24) is 4.90 Å². The summed E-state index contributed by atoms with van der Waals surface area (Å²) in [5, 5.41) is 0. The van der Waals surface area contributed by atoms with Gasteiger partial charge in [-0.3, -0.25) is 0 Å². The average Bonchev–Trinajstić information content (AvgIpc) is 2.12. The third-order valence-corrected chi connectivity index (χ3v) is 2.77. The summed E-state index contributed by atoms with van der Waals surface area (Å²) in [4.78, 5) is 2.46. The Balaban J connectivity index is 3.54. The van der Waals surface area contributed by atoms with E-state index in [-0.39, 0.29) is 0 Å². The van der Waals surface area contributed by atoms with Gasteiger partial charge in [0.2, 0.25) is 0 Å². The lowest BCUT2D eigenvalue weighted by Crippen LogP contribution is -2.28. The van der Waals surface area contributed by atoms with Crippen molar-refractivity contribution in [2.45, 2.75) is 40.5 Å². The van der Waals surface area contributed by atoms with Gasteiger partial charge in [-0.25, -0.2) is 0 Å². The summed E-state index contributed by atoms with van der Waals surface area (Å²) >= 11 is 0. The Morgan fingerprint density at radius 2 is 1.69 bits per heavy atom. The molecule has 0 saturated carbocycles. The maximum atomic E-state index is 5.67. The van der Waals surface area contributed by atoms with Gasteiger partial charge in [-0.05, 0) is 44.4 Å². The van der Waals surface area contributed by atoms with Gasteiger partial charge < -0.3 is 10.6 Å². The van der Waals surface area contributed by atoms with Gasteiger partial charge in [0.15, 0.2) is 0 Å². The summed E-state index contributed by atoms with van der Waals surface area (Å²) in [5.41, 5.74) is 6.00. The number of nitrogens with two attached hydrogens (primary N) is 1. The van der Waals surface area contributed by atoms with Crippen LogP contribution in [0.1, 0.15) is 40.5 Å². The Labute approximate surface area is 83.5 Å². The highest BCUT2D eigenvalue weighted by molar-refractivity contribution is 4.69. The van der Waals surface area contributed by atoms with Crippen LogP contribution >= 0.6 is 0 Å². The van der Waals surface area contributed by atoms with Crippen LogP contribution in [0, 0.1) is 5.41 Å². The molecule has 0 heterocycles. The average molecular weight is 186 g/mol. The Kier molecular flexibility index (Phi) is 6.35. The van der Waals surface area contributed by atoms with Crippen molar-refractivity contribution in [3.63, 3.8) is 0 Å². The van der Waals surface area contributed by atoms with Gasteiger partial charge in [0.05, 0.1) is 0 Å². The largest absolute Gasteiger partial charge is 0.330 e. The van der Waals surface area contributed by atoms with Crippen LogP contribution in [0.4, 0.5) is 0 Å². The van der Waals surface area contributed by atoms with Gasteiger partial charge in [0.1, 0.15) is 0 Å². The van der Waals surface area contributed by atoms with E-state index in [0.29, 0.717) is 5.41 Å². The molecule has 0 fully saturated rings. The van der Waals surface area contributed by atoms with Crippen LogP contribution < -0.4 is 5.73 Å². The van der Waals surface area contributed by atoms with Gasteiger partial charge in [0.25, 0.3) is 0 Å². The molecule has 0 rings (SSSR count). The molecule has 2 nitrogen and oxygen atoms in total. The first kappa shape index (κ1) is 12.9. The number of rotatable bonds is 7. The van der Waals surface area contributed by atoms with Crippen molar-refractivity contribution < 1.29 is 0 Å². The molecular weight excluding hydrogens is 160 g/mol. The van der Waals surface area contributed by atoms with E-state index in [9.17, 15) is 0 Å². The molecule has 0 aliphatic carbocycles. The van der Waals surface area contributed by atoms with Crippen molar-refractivity contribution in [2.75, 3.05) is 26.2 Å². The summed E-state index contributed by atoms with van der Waals surface area (Å²) in [6.45, 7) is 13.3. The van der Waals surface area contributed by atoms with E-state index in [4.69, 9.17) is 5.73 Å². The highest BCUT2D eigenvalue weighted by atomic mass is 15.1. The molecule has 2 N–H and O–H groups in total. The van der Waals surface area contributed by atoms with E-state index in [1.54, 1.807) is 0 Å². The molecule has 80 valence electrons. The molecule has 0 radical (unpaired) electrons. The molecule has 0 aromatic rings. The van der Waals surface area contributed by atoms with Crippen LogP contribution in [-0.2, 0) is 0 Å². The summed E-state index contributed by atoms with van der Waals surface area (Å²) in [6, 6.07) is 0. The lowest BCUT2D eigenvalue weighted by Gasteiger charge is -2.24. The highest BCUT2D eigenvalue weighted by Crippen LogP contribution is 2.20. The molecule has 0 aromatic carbocycles. The molecule has 0 atom stereocenters. The van der Waals surface area contributed by atoms with Crippen molar-refractivity contribution in [3.8, 4) is 0 Å². The van der Waals surface area contributed by atoms with Crippen molar-refractivity contribution >= 4 is 0 Å². The predicted molar refractivity (Wildman–Crippen MR) is 59.9 cm³/mol. The van der Waals surface area contributed by atoms with Crippen molar-refractivity contribution in [1.29, 1.82) is 0 Å². The smallest absolute Gasteiger partial charge is 0.00188 e. The summed E-state index contributed by atoms with van der Waals surface area (Å²) in [6.07, 6.45) is 2.51. The van der Waals surface area contributed by atoms with Gasteiger partial charge in [-0.15, -0.1) is 0 Å². The van der Waals surface area contributed by atoms with Crippen LogP contribution in [0.25, 0.3) is 0 Å². The highest BCUT2D eigenvalue weighted by Gasteiger charge is 2.14. The molecule has 0 amide bonds. The van der Waals surface area contributed by atoms with Gasteiger partial charge in [0, 0.05) is 0 Å². The van der Waals surface area contributed by atoms with E-state index in [1.165, 1.54) is 32.5 Å². The first-order valence-electron chi connectivity index (χ1n) is 5.48. The topological polar surface area (TPSA) is 29.3 Å². The van der Waals surface area contributed by atoms with Crippen molar-refractivity contribution in [2.24, 2.45) is 11.1 Å². The second kappa shape index (κ2) is 6.39. The zero-order valence-electron chi connectivity index (χ0n) is 9.77. The molecule has 13 heavy (non-hydrogen) atoms. The molecule has 0 bridgehead atoms. The van der Waals surface area contributed by atoms with E-state index >= 15 is 0 Å². The molecule has 0 aromatic heterocycles. The monoisotopic (exact) mass is 186 g/mol. The minimum Gasteiger partial charge on any atom is -0.330 e. The first-order chi connectivity index (χ1) is 6.05. The minimum atomic E-state index is 0.327. The molecule has 2 heteroatoms. The molecular formula is C11H26N2.